The van der Waals surface area contributed by atoms with Crippen LogP contribution in [0.25, 0.3) is 0 Å². The molecular weight excluding hydrogens is 220 g/mol. The van der Waals surface area contributed by atoms with E-state index in [0.717, 1.165) is 16.9 Å². The standard InChI is InChI=1S/C12H18N2O3/c1-8-3-4-11(17-2)9(5-8)6-14-7-10(15)12(13)16/h3-5,10,14-15H,6-7H2,1-2H3,(H2,13,16). The molecule has 1 aromatic rings. The number of rotatable bonds is 6. The van der Waals surface area contributed by atoms with E-state index >= 15 is 0 Å². The lowest BCUT2D eigenvalue weighted by Crippen LogP contribution is -2.37. The summed E-state index contributed by atoms with van der Waals surface area (Å²) in [5.41, 5.74) is 7.04. The van der Waals surface area contributed by atoms with E-state index in [0.29, 0.717) is 6.54 Å². The number of ether oxygens (including phenoxy) is 1. The van der Waals surface area contributed by atoms with Crippen molar-refractivity contribution in [3.8, 4) is 5.75 Å². The summed E-state index contributed by atoms with van der Waals surface area (Å²) in [5, 5.41) is 12.2. The van der Waals surface area contributed by atoms with Gasteiger partial charge in [0.05, 0.1) is 7.11 Å². The molecule has 0 bridgehead atoms. The SMILES string of the molecule is COc1ccc(C)cc1CNCC(O)C(N)=O. The zero-order valence-corrected chi connectivity index (χ0v) is 10.1. The molecule has 1 rings (SSSR count). The van der Waals surface area contributed by atoms with E-state index in [-0.39, 0.29) is 6.54 Å². The zero-order valence-electron chi connectivity index (χ0n) is 10.1. The lowest BCUT2D eigenvalue weighted by atomic mass is 10.1. The lowest BCUT2D eigenvalue weighted by molar-refractivity contribution is -0.125. The fourth-order valence-electron chi connectivity index (χ4n) is 1.49. The van der Waals surface area contributed by atoms with Gasteiger partial charge in [-0.1, -0.05) is 17.7 Å². The van der Waals surface area contributed by atoms with Gasteiger partial charge in [-0.15, -0.1) is 0 Å². The first kappa shape index (κ1) is 13.5. The van der Waals surface area contributed by atoms with Crippen molar-refractivity contribution in [1.29, 1.82) is 0 Å². The third kappa shape index (κ3) is 4.05. The lowest BCUT2D eigenvalue weighted by Gasteiger charge is -2.12. The number of hydrogen-bond donors (Lipinski definition) is 3. The summed E-state index contributed by atoms with van der Waals surface area (Å²) in [6.07, 6.45) is -1.16. The highest BCUT2D eigenvalue weighted by Gasteiger charge is 2.10. The van der Waals surface area contributed by atoms with Crippen molar-refractivity contribution >= 4 is 5.91 Å². The van der Waals surface area contributed by atoms with Crippen LogP contribution in [0.1, 0.15) is 11.1 Å². The van der Waals surface area contributed by atoms with Gasteiger partial charge in [-0.25, -0.2) is 0 Å². The van der Waals surface area contributed by atoms with Crippen molar-refractivity contribution in [3.05, 3.63) is 29.3 Å². The van der Waals surface area contributed by atoms with Crippen LogP contribution in [0.2, 0.25) is 0 Å². The number of hydrogen-bond acceptors (Lipinski definition) is 4. The smallest absolute Gasteiger partial charge is 0.247 e. The monoisotopic (exact) mass is 238 g/mol. The zero-order chi connectivity index (χ0) is 12.8. The topological polar surface area (TPSA) is 84.6 Å². The molecule has 94 valence electrons. The maximum atomic E-state index is 10.6. The van der Waals surface area contributed by atoms with Crippen LogP contribution < -0.4 is 15.8 Å². The number of aliphatic hydroxyl groups is 1. The Labute approximate surface area is 101 Å². The number of aliphatic hydroxyl groups excluding tert-OH is 1. The first-order chi connectivity index (χ1) is 8.04. The number of aryl methyl sites for hydroxylation is 1. The molecule has 0 fully saturated rings. The number of carbonyl (C=O) groups is 1. The number of nitrogens with two attached hydrogens (primary N) is 1. The van der Waals surface area contributed by atoms with Crippen LogP contribution in [0.15, 0.2) is 18.2 Å². The van der Waals surface area contributed by atoms with Gasteiger partial charge in [0.25, 0.3) is 0 Å². The summed E-state index contributed by atoms with van der Waals surface area (Å²) in [6.45, 7) is 2.63. The molecular formula is C12H18N2O3. The van der Waals surface area contributed by atoms with Gasteiger partial charge < -0.3 is 20.9 Å². The summed E-state index contributed by atoms with van der Waals surface area (Å²) in [5.74, 6) is 0.0466. The molecule has 0 heterocycles. The molecule has 0 aliphatic carbocycles. The number of benzene rings is 1. The van der Waals surface area contributed by atoms with Crippen LogP contribution >= 0.6 is 0 Å². The molecule has 1 atom stereocenters. The largest absolute Gasteiger partial charge is 0.496 e. The normalized spacial score (nSPS) is 12.2. The highest BCUT2D eigenvalue weighted by Crippen LogP contribution is 2.19. The Morgan fingerprint density at radius 3 is 2.88 bits per heavy atom. The molecule has 1 unspecified atom stereocenters. The van der Waals surface area contributed by atoms with Crippen molar-refractivity contribution < 1.29 is 14.6 Å². The Balaban J connectivity index is 2.56. The van der Waals surface area contributed by atoms with Gasteiger partial charge >= 0.3 is 0 Å². The number of amides is 1. The van der Waals surface area contributed by atoms with Crippen LogP contribution in [0.4, 0.5) is 0 Å². The summed E-state index contributed by atoms with van der Waals surface area (Å²) in [4.78, 5) is 10.6. The molecule has 4 N–H and O–H groups in total. The summed E-state index contributed by atoms with van der Waals surface area (Å²) < 4.78 is 5.21. The molecule has 0 aliphatic rings. The fraction of sp³-hybridized carbons (Fsp3) is 0.417. The Kier molecular flexibility index (Phi) is 4.93. The molecule has 5 heteroatoms. The number of methoxy groups -OCH3 is 1. The minimum Gasteiger partial charge on any atom is -0.496 e. The quantitative estimate of drug-likeness (QED) is 0.648. The summed E-state index contributed by atoms with van der Waals surface area (Å²) >= 11 is 0. The van der Waals surface area contributed by atoms with Crippen LogP contribution in [-0.4, -0.2) is 30.8 Å². The molecule has 0 saturated carbocycles. The highest BCUT2D eigenvalue weighted by atomic mass is 16.5. The van der Waals surface area contributed by atoms with E-state index in [4.69, 9.17) is 10.5 Å². The summed E-state index contributed by atoms with van der Waals surface area (Å²) in [7, 11) is 1.60. The van der Waals surface area contributed by atoms with E-state index < -0.39 is 12.0 Å². The first-order valence-corrected chi connectivity index (χ1v) is 5.36. The Morgan fingerprint density at radius 1 is 1.59 bits per heavy atom. The predicted octanol–water partition coefficient (Wildman–Crippen LogP) is -0.0606. The number of primary amides is 1. The van der Waals surface area contributed by atoms with E-state index in [1.54, 1.807) is 7.11 Å². The van der Waals surface area contributed by atoms with Gasteiger partial charge in [-0.2, -0.15) is 0 Å². The second-order valence-corrected chi connectivity index (χ2v) is 3.86. The highest BCUT2D eigenvalue weighted by molar-refractivity contribution is 5.78. The van der Waals surface area contributed by atoms with E-state index in [1.807, 2.05) is 25.1 Å². The third-order valence-corrected chi connectivity index (χ3v) is 2.42. The van der Waals surface area contributed by atoms with Crippen LogP contribution in [0.5, 0.6) is 5.75 Å². The number of carbonyl (C=O) groups excluding carboxylic acids is 1. The second-order valence-electron chi connectivity index (χ2n) is 3.86. The summed E-state index contributed by atoms with van der Waals surface area (Å²) in [6, 6.07) is 5.83. The van der Waals surface area contributed by atoms with Crippen LogP contribution in [-0.2, 0) is 11.3 Å². The van der Waals surface area contributed by atoms with Crippen molar-refractivity contribution in [2.45, 2.75) is 19.6 Å². The maximum Gasteiger partial charge on any atom is 0.247 e. The van der Waals surface area contributed by atoms with Gasteiger partial charge in [0, 0.05) is 18.7 Å². The Bertz CT molecular complexity index is 393. The van der Waals surface area contributed by atoms with Crippen molar-refractivity contribution in [3.63, 3.8) is 0 Å². The average molecular weight is 238 g/mol. The van der Waals surface area contributed by atoms with E-state index in [9.17, 15) is 9.90 Å². The van der Waals surface area contributed by atoms with Gasteiger partial charge in [-0.3, -0.25) is 4.79 Å². The van der Waals surface area contributed by atoms with Crippen molar-refractivity contribution in [2.24, 2.45) is 5.73 Å². The fourth-order valence-corrected chi connectivity index (χ4v) is 1.49. The van der Waals surface area contributed by atoms with Crippen LogP contribution in [0.3, 0.4) is 0 Å². The maximum absolute atomic E-state index is 10.6. The second kappa shape index (κ2) is 6.22. The minimum atomic E-state index is -1.16. The number of nitrogens with one attached hydrogen (secondary N) is 1. The predicted molar refractivity (Wildman–Crippen MR) is 64.6 cm³/mol. The average Bonchev–Trinajstić information content (AvgIpc) is 2.29. The molecule has 1 amide bonds. The molecule has 0 saturated heterocycles. The molecule has 0 spiro atoms. The molecule has 17 heavy (non-hydrogen) atoms. The molecule has 0 aromatic heterocycles. The van der Waals surface area contributed by atoms with Crippen LogP contribution in [0, 0.1) is 6.92 Å². The van der Waals surface area contributed by atoms with Gasteiger partial charge in [-0.05, 0) is 13.0 Å². The van der Waals surface area contributed by atoms with Gasteiger partial charge in [0.2, 0.25) is 5.91 Å². The Hall–Kier alpha value is -1.59. The molecule has 0 radical (unpaired) electrons. The van der Waals surface area contributed by atoms with Crippen molar-refractivity contribution in [2.75, 3.05) is 13.7 Å². The van der Waals surface area contributed by atoms with Gasteiger partial charge in [0.15, 0.2) is 0 Å². The molecule has 5 nitrogen and oxygen atoms in total. The van der Waals surface area contributed by atoms with E-state index in [2.05, 4.69) is 5.32 Å². The third-order valence-electron chi connectivity index (χ3n) is 2.42. The molecule has 0 aliphatic heterocycles. The Morgan fingerprint density at radius 2 is 2.29 bits per heavy atom. The van der Waals surface area contributed by atoms with Gasteiger partial charge in [0.1, 0.15) is 11.9 Å². The molecule has 1 aromatic carbocycles. The van der Waals surface area contributed by atoms with Crippen molar-refractivity contribution in [1.82, 2.24) is 5.32 Å². The minimum absolute atomic E-state index is 0.131. The van der Waals surface area contributed by atoms with E-state index in [1.165, 1.54) is 0 Å². The first-order valence-electron chi connectivity index (χ1n) is 5.36.